The molecule has 1 fully saturated rings. The molecular formula is C20H24ClN3OS. The second-order valence-corrected chi connectivity index (χ2v) is 8.61. The standard InChI is InChI=1S/C20H24ClN3OS/c1-14-12-23(10-8-22-14)19(25)13-24-9-6-18-17(7-11-26-18)20(24)15-2-4-16(21)5-3-15/h2-5,7,11,14,20,22H,6,8-10,12-13H2,1H3. The van der Waals surface area contributed by atoms with Crippen molar-refractivity contribution in [3.05, 3.63) is 56.7 Å². The summed E-state index contributed by atoms with van der Waals surface area (Å²) in [6.45, 7) is 5.98. The van der Waals surface area contributed by atoms with Gasteiger partial charge in [-0.05, 0) is 48.1 Å². The van der Waals surface area contributed by atoms with E-state index in [1.807, 2.05) is 28.4 Å². The maximum absolute atomic E-state index is 12.9. The van der Waals surface area contributed by atoms with Gasteiger partial charge in [0, 0.05) is 42.1 Å². The zero-order valence-corrected chi connectivity index (χ0v) is 16.5. The first kappa shape index (κ1) is 18.0. The van der Waals surface area contributed by atoms with Crippen molar-refractivity contribution in [2.45, 2.75) is 25.4 Å². The van der Waals surface area contributed by atoms with Crippen molar-refractivity contribution >= 4 is 28.8 Å². The first-order valence-electron chi connectivity index (χ1n) is 9.19. The van der Waals surface area contributed by atoms with Crippen LogP contribution in [0.4, 0.5) is 0 Å². The predicted molar refractivity (Wildman–Crippen MR) is 107 cm³/mol. The average molecular weight is 390 g/mol. The predicted octanol–water partition coefficient (Wildman–Crippen LogP) is 3.17. The summed E-state index contributed by atoms with van der Waals surface area (Å²) in [6.07, 6.45) is 1.02. The van der Waals surface area contributed by atoms with Gasteiger partial charge in [-0.25, -0.2) is 0 Å². The van der Waals surface area contributed by atoms with Crippen LogP contribution in [0.2, 0.25) is 5.02 Å². The molecule has 26 heavy (non-hydrogen) atoms. The van der Waals surface area contributed by atoms with Crippen LogP contribution in [0.15, 0.2) is 35.7 Å². The summed E-state index contributed by atoms with van der Waals surface area (Å²) >= 11 is 7.91. The number of hydrogen-bond acceptors (Lipinski definition) is 4. The molecule has 6 heteroatoms. The Kier molecular flexibility index (Phi) is 5.32. The molecule has 2 aliphatic heterocycles. The van der Waals surface area contributed by atoms with Crippen LogP contribution in [0.5, 0.6) is 0 Å². The molecule has 0 aliphatic carbocycles. The molecule has 1 saturated heterocycles. The highest BCUT2D eigenvalue weighted by Gasteiger charge is 2.32. The van der Waals surface area contributed by atoms with Gasteiger partial charge in [-0.3, -0.25) is 9.69 Å². The molecule has 0 spiro atoms. The smallest absolute Gasteiger partial charge is 0.236 e. The Bertz CT molecular complexity index is 776. The number of piperazine rings is 1. The van der Waals surface area contributed by atoms with Crippen LogP contribution < -0.4 is 5.32 Å². The number of rotatable bonds is 3. The van der Waals surface area contributed by atoms with E-state index in [0.717, 1.165) is 37.6 Å². The number of carbonyl (C=O) groups excluding carboxylic acids is 1. The Hall–Kier alpha value is -1.40. The van der Waals surface area contributed by atoms with Crippen LogP contribution in [0.25, 0.3) is 0 Å². The highest BCUT2D eigenvalue weighted by molar-refractivity contribution is 7.10. The third kappa shape index (κ3) is 3.67. The third-order valence-corrected chi connectivity index (χ3v) is 6.56. The summed E-state index contributed by atoms with van der Waals surface area (Å²) in [5.74, 6) is 0.232. The lowest BCUT2D eigenvalue weighted by Crippen LogP contribution is -2.54. The number of thiophene rings is 1. The van der Waals surface area contributed by atoms with Gasteiger partial charge in [-0.1, -0.05) is 23.7 Å². The van der Waals surface area contributed by atoms with E-state index in [9.17, 15) is 4.79 Å². The van der Waals surface area contributed by atoms with Crippen LogP contribution in [0.1, 0.15) is 29.0 Å². The van der Waals surface area contributed by atoms with E-state index in [4.69, 9.17) is 11.6 Å². The molecule has 1 aromatic heterocycles. The molecule has 0 radical (unpaired) electrons. The summed E-state index contributed by atoms with van der Waals surface area (Å²) in [7, 11) is 0. The lowest BCUT2D eigenvalue weighted by Gasteiger charge is -2.38. The van der Waals surface area contributed by atoms with Crippen LogP contribution in [0, 0.1) is 0 Å². The highest BCUT2D eigenvalue weighted by atomic mass is 35.5. The molecule has 1 N–H and O–H groups in total. The van der Waals surface area contributed by atoms with Crippen LogP contribution in [-0.2, 0) is 11.2 Å². The van der Waals surface area contributed by atoms with Gasteiger partial charge in [-0.15, -0.1) is 11.3 Å². The van der Waals surface area contributed by atoms with Gasteiger partial charge in [0.05, 0.1) is 12.6 Å². The lowest BCUT2D eigenvalue weighted by molar-refractivity contribution is -0.134. The number of nitrogens with zero attached hydrogens (tertiary/aromatic N) is 2. The Morgan fingerprint density at radius 3 is 2.85 bits per heavy atom. The molecule has 4 nitrogen and oxygen atoms in total. The van der Waals surface area contributed by atoms with Crippen LogP contribution in [-0.4, -0.2) is 54.5 Å². The first-order chi connectivity index (χ1) is 12.6. The molecule has 3 heterocycles. The maximum atomic E-state index is 12.9. The molecule has 0 bridgehead atoms. The molecule has 2 aromatic rings. The average Bonchev–Trinajstić information content (AvgIpc) is 3.11. The van der Waals surface area contributed by atoms with E-state index in [0.29, 0.717) is 12.6 Å². The van der Waals surface area contributed by atoms with Gasteiger partial charge in [0.1, 0.15) is 0 Å². The maximum Gasteiger partial charge on any atom is 0.236 e. The minimum absolute atomic E-state index is 0.131. The number of hydrogen-bond donors (Lipinski definition) is 1. The Labute approximate surface area is 163 Å². The van der Waals surface area contributed by atoms with Gasteiger partial charge in [0.25, 0.3) is 0 Å². The van der Waals surface area contributed by atoms with Crippen molar-refractivity contribution in [3.8, 4) is 0 Å². The quantitative estimate of drug-likeness (QED) is 0.875. The molecule has 138 valence electrons. The summed E-state index contributed by atoms with van der Waals surface area (Å²) in [5, 5.41) is 6.31. The number of carbonyl (C=O) groups is 1. The van der Waals surface area contributed by atoms with E-state index >= 15 is 0 Å². The van der Waals surface area contributed by atoms with Gasteiger partial charge in [-0.2, -0.15) is 0 Å². The topological polar surface area (TPSA) is 35.6 Å². The number of fused-ring (bicyclic) bond motifs is 1. The second kappa shape index (κ2) is 7.69. The Morgan fingerprint density at radius 1 is 1.27 bits per heavy atom. The summed E-state index contributed by atoms with van der Waals surface area (Å²) in [5.41, 5.74) is 2.54. The second-order valence-electron chi connectivity index (χ2n) is 7.17. The van der Waals surface area contributed by atoms with Crippen molar-refractivity contribution in [3.63, 3.8) is 0 Å². The number of nitrogens with one attached hydrogen (secondary N) is 1. The fourth-order valence-corrected chi connectivity index (χ4v) is 5.04. The summed E-state index contributed by atoms with van der Waals surface area (Å²) in [4.78, 5) is 18.7. The summed E-state index contributed by atoms with van der Waals surface area (Å²) < 4.78 is 0. The van der Waals surface area contributed by atoms with Crippen molar-refractivity contribution in [2.24, 2.45) is 0 Å². The Morgan fingerprint density at radius 2 is 2.08 bits per heavy atom. The molecule has 1 amide bonds. The molecule has 2 atom stereocenters. The Balaban J connectivity index is 1.57. The first-order valence-corrected chi connectivity index (χ1v) is 10.4. The molecular weight excluding hydrogens is 366 g/mol. The lowest BCUT2D eigenvalue weighted by atomic mass is 9.93. The minimum atomic E-state index is 0.131. The van der Waals surface area contributed by atoms with Crippen molar-refractivity contribution in [1.29, 1.82) is 0 Å². The normalized spacial score (nSPS) is 23.7. The van der Waals surface area contributed by atoms with E-state index in [1.54, 1.807) is 0 Å². The molecule has 2 unspecified atom stereocenters. The van der Waals surface area contributed by atoms with E-state index in [1.165, 1.54) is 16.0 Å². The fraction of sp³-hybridized carbons (Fsp3) is 0.450. The zero-order chi connectivity index (χ0) is 18.1. The van der Waals surface area contributed by atoms with Gasteiger partial charge < -0.3 is 10.2 Å². The van der Waals surface area contributed by atoms with Crippen molar-refractivity contribution in [1.82, 2.24) is 15.1 Å². The van der Waals surface area contributed by atoms with E-state index < -0.39 is 0 Å². The SMILES string of the molecule is CC1CN(C(=O)CN2CCc3sccc3C2c2ccc(Cl)cc2)CCN1. The van der Waals surface area contributed by atoms with Crippen molar-refractivity contribution < 1.29 is 4.79 Å². The molecule has 2 aliphatic rings. The zero-order valence-electron chi connectivity index (χ0n) is 15.0. The van der Waals surface area contributed by atoms with Crippen LogP contribution in [0.3, 0.4) is 0 Å². The van der Waals surface area contributed by atoms with E-state index in [2.05, 4.69) is 40.7 Å². The monoisotopic (exact) mass is 389 g/mol. The van der Waals surface area contributed by atoms with Crippen molar-refractivity contribution in [2.75, 3.05) is 32.7 Å². The molecule has 0 saturated carbocycles. The largest absolute Gasteiger partial charge is 0.339 e. The van der Waals surface area contributed by atoms with E-state index in [-0.39, 0.29) is 11.9 Å². The fourth-order valence-electron chi connectivity index (χ4n) is 4.01. The third-order valence-electron chi connectivity index (χ3n) is 5.31. The van der Waals surface area contributed by atoms with Gasteiger partial charge in [0.2, 0.25) is 5.91 Å². The summed E-state index contributed by atoms with van der Waals surface area (Å²) in [6, 6.07) is 10.8. The number of halogens is 1. The number of amides is 1. The molecule has 4 rings (SSSR count). The minimum Gasteiger partial charge on any atom is -0.339 e. The van der Waals surface area contributed by atoms with Gasteiger partial charge in [0.15, 0.2) is 0 Å². The number of benzene rings is 1. The molecule has 1 aromatic carbocycles. The van der Waals surface area contributed by atoms with Gasteiger partial charge >= 0.3 is 0 Å². The van der Waals surface area contributed by atoms with Crippen LogP contribution >= 0.6 is 22.9 Å². The highest BCUT2D eigenvalue weighted by Crippen LogP contribution is 2.37.